The van der Waals surface area contributed by atoms with Gasteiger partial charge in [-0.3, -0.25) is 0 Å². The van der Waals surface area contributed by atoms with Crippen LogP contribution < -0.4 is 5.73 Å². The normalized spacial score (nSPS) is 21.5. The van der Waals surface area contributed by atoms with E-state index in [-0.39, 0.29) is 6.54 Å². The van der Waals surface area contributed by atoms with E-state index in [1.807, 2.05) is 0 Å². The summed E-state index contributed by atoms with van der Waals surface area (Å²) in [6.07, 6.45) is -5.67. The summed E-state index contributed by atoms with van der Waals surface area (Å²) in [4.78, 5) is 0. The van der Waals surface area contributed by atoms with Crippen LogP contribution in [0.5, 0.6) is 0 Å². The SMILES string of the molecule is [NH3+]CC(O)[C@H](O)[C@@H](O)[C@@H](O)CO. The van der Waals surface area contributed by atoms with Gasteiger partial charge in [0, 0.05) is 0 Å². The van der Waals surface area contributed by atoms with Gasteiger partial charge in [-0.1, -0.05) is 0 Å². The van der Waals surface area contributed by atoms with E-state index < -0.39 is 31.0 Å². The quantitative estimate of drug-likeness (QED) is 0.256. The van der Waals surface area contributed by atoms with Crippen molar-refractivity contribution in [2.75, 3.05) is 13.2 Å². The minimum atomic E-state index is -1.55. The van der Waals surface area contributed by atoms with Crippen LogP contribution in [0, 0.1) is 0 Å². The van der Waals surface area contributed by atoms with Crippen molar-refractivity contribution in [3.05, 3.63) is 0 Å². The molecule has 74 valence electrons. The summed E-state index contributed by atoms with van der Waals surface area (Å²) in [5.74, 6) is 0. The zero-order valence-corrected chi connectivity index (χ0v) is 6.67. The highest BCUT2D eigenvalue weighted by molar-refractivity contribution is 4.79. The van der Waals surface area contributed by atoms with Crippen molar-refractivity contribution < 1.29 is 31.3 Å². The van der Waals surface area contributed by atoms with E-state index in [9.17, 15) is 0 Å². The second kappa shape index (κ2) is 5.41. The summed E-state index contributed by atoms with van der Waals surface area (Å²) < 4.78 is 0. The van der Waals surface area contributed by atoms with Gasteiger partial charge in [-0.25, -0.2) is 0 Å². The third kappa shape index (κ3) is 3.02. The van der Waals surface area contributed by atoms with Crippen LogP contribution in [-0.2, 0) is 0 Å². The van der Waals surface area contributed by atoms with Crippen molar-refractivity contribution in [1.29, 1.82) is 0 Å². The van der Waals surface area contributed by atoms with Crippen molar-refractivity contribution >= 4 is 0 Å². The summed E-state index contributed by atoms with van der Waals surface area (Å²) in [6.45, 7) is -0.640. The third-order valence-electron chi connectivity index (χ3n) is 1.62. The number of hydrogen-bond acceptors (Lipinski definition) is 5. The van der Waals surface area contributed by atoms with Gasteiger partial charge in [-0.05, 0) is 0 Å². The van der Waals surface area contributed by atoms with Crippen LogP contribution in [0.1, 0.15) is 0 Å². The Balaban J connectivity index is 3.99. The largest absolute Gasteiger partial charge is 0.394 e. The van der Waals surface area contributed by atoms with E-state index >= 15 is 0 Å². The Morgan fingerprint density at radius 3 is 1.67 bits per heavy atom. The molecular weight excluding hydrogens is 166 g/mol. The number of hydrogen-bond donors (Lipinski definition) is 6. The van der Waals surface area contributed by atoms with Gasteiger partial charge in [0.25, 0.3) is 0 Å². The summed E-state index contributed by atoms with van der Waals surface area (Å²) >= 11 is 0. The molecule has 0 spiro atoms. The van der Waals surface area contributed by atoms with Gasteiger partial charge in [0.1, 0.15) is 31.0 Å². The number of aliphatic hydroxyl groups is 5. The lowest BCUT2D eigenvalue weighted by Gasteiger charge is -2.23. The van der Waals surface area contributed by atoms with Gasteiger partial charge in [0.15, 0.2) is 0 Å². The smallest absolute Gasteiger partial charge is 0.131 e. The summed E-state index contributed by atoms with van der Waals surface area (Å²) in [5, 5.41) is 44.3. The molecule has 0 aliphatic heterocycles. The van der Waals surface area contributed by atoms with Gasteiger partial charge >= 0.3 is 0 Å². The molecule has 0 radical (unpaired) electrons. The molecule has 0 aromatic heterocycles. The van der Waals surface area contributed by atoms with Crippen LogP contribution in [0.2, 0.25) is 0 Å². The van der Waals surface area contributed by atoms with E-state index in [2.05, 4.69) is 5.73 Å². The fourth-order valence-electron chi connectivity index (χ4n) is 0.734. The van der Waals surface area contributed by atoms with Crippen molar-refractivity contribution in [3.8, 4) is 0 Å². The van der Waals surface area contributed by atoms with E-state index in [1.54, 1.807) is 0 Å². The Kier molecular flexibility index (Phi) is 5.31. The lowest BCUT2D eigenvalue weighted by atomic mass is 10.0. The van der Waals surface area contributed by atoms with Gasteiger partial charge in [-0.2, -0.15) is 0 Å². The summed E-state index contributed by atoms with van der Waals surface area (Å²) in [7, 11) is 0. The molecule has 6 nitrogen and oxygen atoms in total. The number of quaternary nitrogens is 1. The van der Waals surface area contributed by atoms with Crippen LogP contribution in [0.3, 0.4) is 0 Å². The minimum absolute atomic E-state index is 0.0242. The molecule has 0 rings (SSSR count). The predicted molar refractivity (Wildman–Crippen MR) is 38.9 cm³/mol. The fraction of sp³-hybridized carbons (Fsp3) is 1.00. The lowest BCUT2D eigenvalue weighted by Crippen LogP contribution is -2.61. The first kappa shape index (κ1) is 11.8. The average molecular weight is 182 g/mol. The molecule has 0 aliphatic rings. The third-order valence-corrected chi connectivity index (χ3v) is 1.62. The van der Waals surface area contributed by atoms with Crippen molar-refractivity contribution in [2.24, 2.45) is 0 Å². The summed E-state index contributed by atoms with van der Waals surface area (Å²) in [6, 6.07) is 0. The number of rotatable bonds is 5. The Bertz CT molecular complexity index is 109. The second-order valence-electron chi connectivity index (χ2n) is 2.59. The molecule has 0 fully saturated rings. The molecule has 0 aromatic carbocycles. The first-order valence-corrected chi connectivity index (χ1v) is 3.67. The fourth-order valence-corrected chi connectivity index (χ4v) is 0.734. The molecule has 4 atom stereocenters. The average Bonchev–Trinajstić information content (AvgIpc) is 2.12. The molecule has 8 N–H and O–H groups in total. The van der Waals surface area contributed by atoms with Gasteiger partial charge in [0.05, 0.1) is 6.61 Å². The van der Waals surface area contributed by atoms with E-state index in [0.29, 0.717) is 0 Å². The van der Waals surface area contributed by atoms with E-state index in [1.165, 1.54) is 0 Å². The zero-order chi connectivity index (χ0) is 9.72. The first-order chi connectivity index (χ1) is 5.54. The molecule has 0 aliphatic carbocycles. The minimum Gasteiger partial charge on any atom is -0.394 e. The van der Waals surface area contributed by atoms with Crippen LogP contribution in [0.4, 0.5) is 0 Å². The summed E-state index contributed by atoms with van der Waals surface area (Å²) in [5.41, 5.74) is 3.31. The zero-order valence-electron chi connectivity index (χ0n) is 6.67. The molecule has 6 heteroatoms. The van der Waals surface area contributed by atoms with E-state index in [0.717, 1.165) is 0 Å². The molecule has 0 amide bonds. The lowest BCUT2D eigenvalue weighted by molar-refractivity contribution is -0.390. The monoisotopic (exact) mass is 182 g/mol. The molecule has 0 saturated heterocycles. The second-order valence-corrected chi connectivity index (χ2v) is 2.59. The van der Waals surface area contributed by atoms with Crippen molar-refractivity contribution in [3.63, 3.8) is 0 Å². The standard InChI is InChI=1S/C6H15NO5/c7-1-3(9)5(11)6(12)4(10)2-8/h3-6,8-12H,1-2,7H2/p+1/t3?,4-,5-,6-/m0/s1. The Labute approximate surface area is 69.9 Å². The molecule has 12 heavy (non-hydrogen) atoms. The highest BCUT2D eigenvalue weighted by Crippen LogP contribution is 2.03. The van der Waals surface area contributed by atoms with Crippen LogP contribution in [0.25, 0.3) is 0 Å². The highest BCUT2D eigenvalue weighted by atomic mass is 16.4. The van der Waals surface area contributed by atoms with Crippen molar-refractivity contribution in [2.45, 2.75) is 24.4 Å². The first-order valence-electron chi connectivity index (χ1n) is 3.67. The highest BCUT2D eigenvalue weighted by Gasteiger charge is 2.29. The molecule has 0 heterocycles. The Hall–Kier alpha value is -0.240. The molecule has 0 bridgehead atoms. The maximum absolute atomic E-state index is 9.08. The Morgan fingerprint density at radius 2 is 1.33 bits per heavy atom. The maximum atomic E-state index is 9.08. The molecule has 1 unspecified atom stereocenters. The van der Waals surface area contributed by atoms with Crippen LogP contribution in [0.15, 0.2) is 0 Å². The molecular formula is C6H16NO5+. The molecule has 0 aromatic rings. The van der Waals surface area contributed by atoms with Gasteiger partial charge < -0.3 is 31.3 Å². The predicted octanol–water partition coefficient (Wildman–Crippen LogP) is -4.34. The van der Waals surface area contributed by atoms with E-state index in [4.69, 9.17) is 25.5 Å². The maximum Gasteiger partial charge on any atom is 0.131 e. The van der Waals surface area contributed by atoms with Gasteiger partial charge in [-0.15, -0.1) is 0 Å². The number of aliphatic hydroxyl groups excluding tert-OH is 5. The topological polar surface area (TPSA) is 129 Å². The molecule has 0 saturated carbocycles. The van der Waals surface area contributed by atoms with Crippen molar-refractivity contribution in [1.82, 2.24) is 0 Å². The van der Waals surface area contributed by atoms with Gasteiger partial charge in [0.2, 0.25) is 0 Å². The Morgan fingerprint density at radius 1 is 0.917 bits per heavy atom. The van der Waals surface area contributed by atoms with Crippen LogP contribution in [-0.4, -0.2) is 63.1 Å². The van der Waals surface area contributed by atoms with Crippen LogP contribution >= 0.6 is 0 Å².